The highest BCUT2D eigenvalue weighted by Gasteiger charge is 2.11. The molecule has 6 heteroatoms. The van der Waals surface area contributed by atoms with Crippen molar-refractivity contribution in [1.29, 1.82) is 0 Å². The second-order valence-electron chi connectivity index (χ2n) is 6.39. The minimum atomic E-state index is -0.892. The summed E-state index contributed by atoms with van der Waals surface area (Å²) < 4.78 is 9.06. The molecule has 0 aliphatic carbocycles. The van der Waals surface area contributed by atoms with Gasteiger partial charge in [0.05, 0.1) is 5.56 Å². The first-order valence-corrected chi connectivity index (χ1v) is 9.75. The molecule has 0 fully saturated rings. The van der Waals surface area contributed by atoms with E-state index in [0.29, 0.717) is 5.56 Å². The molecule has 0 aliphatic heterocycles. The number of pyridine rings is 1. The highest BCUT2D eigenvalue weighted by Crippen LogP contribution is 2.23. The number of carboxylic acids is 1. The Morgan fingerprint density at radius 3 is 2.43 bits per heavy atom. The SMILES string of the molecule is Cc1cc(SNCCc2ccc(Oc3ccncc3)cc2)cc(C(=O)O)c1C. The number of aromatic nitrogens is 1. The van der Waals surface area contributed by atoms with Gasteiger partial charge in [-0.15, -0.1) is 0 Å². The molecule has 2 aromatic carbocycles. The largest absolute Gasteiger partial charge is 0.478 e. The maximum atomic E-state index is 11.3. The number of ether oxygens (including phenoxy) is 1. The lowest BCUT2D eigenvalue weighted by Gasteiger charge is -2.10. The summed E-state index contributed by atoms with van der Waals surface area (Å²) in [6, 6.07) is 15.3. The summed E-state index contributed by atoms with van der Waals surface area (Å²) in [4.78, 5) is 16.2. The van der Waals surface area contributed by atoms with E-state index in [1.54, 1.807) is 18.5 Å². The number of nitrogens with one attached hydrogen (secondary N) is 1. The van der Waals surface area contributed by atoms with E-state index in [-0.39, 0.29) is 0 Å². The van der Waals surface area contributed by atoms with Crippen LogP contribution in [0.25, 0.3) is 0 Å². The van der Waals surface area contributed by atoms with E-state index in [0.717, 1.165) is 40.5 Å². The van der Waals surface area contributed by atoms with Crippen LogP contribution in [0.3, 0.4) is 0 Å². The van der Waals surface area contributed by atoms with Gasteiger partial charge in [-0.05, 0) is 85.3 Å². The molecule has 0 amide bonds. The molecular formula is C22H22N2O3S. The average Bonchev–Trinajstić information content (AvgIpc) is 2.69. The smallest absolute Gasteiger partial charge is 0.336 e. The van der Waals surface area contributed by atoms with Gasteiger partial charge in [0.2, 0.25) is 0 Å². The molecule has 0 radical (unpaired) electrons. The van der Waals surface area contributed by atoms with Gasteiger partial charge < -0.3 is 9.84 Å². The van der Waals surface area contributed by atoms with Crippen LogP contribution in [0.15, 0.2) is 65.8 Å². The minimum Gasteiger partial charge on any atom is -0.478 e. The average molecular weight is 394 g/mol. The predicted octanol–water partition coefficient (Wildman–Crippen LogP) is 5.03. The van der Waals surface area contributed by atoms with Crippen LogP contribution >= 0.6 is 11.9 Å². The highest BCUT2D eigenvalue weighted by molar-refractivity contribution is 7.97. The Morgan fingerprint density at radius 2 is 1.75 bits per heavy atom. The summed E-state index contributed by atoms with van der Waals surface area (Å²) >= 11 is 1.46. The van der Waals surface area contributed by atoms with Gasteiger partial charge in [0.1, 0.15) is 11.5 Å². The van der Waals surface area contributed by atoms with Gasteiger partial charge in [-0.25, -0.2) is 4.79 Å². The van der Waals surface area contributed by atoms with Gasteiger partial charge in [0, 0.05) is 23.8 Å². The first-order chi connectivity index (χ1) is 13.5. The Balaban J connectivity index is 1.50. The van der Waals surface area contributed by atoms with Gasteiger partial charge in [0.15, 0.2) is 0 Å². The van der Waals surface area contributed by atoms with Crippen molar-refractivity contribution in [3.05, 3.63) is 83.2 Å². The third-order valence-electron chi connectivity index (χ3n) is 4.39. The Labute approximate surface area is 168 Å². The number of hydrogen-bond acceptors (Lipinski definition) is 5. The third-order valence-corrected chi connectivity index (χ3v) is 5.21. The van der Waals surface area contributed by atoms with Gasteiger partial charge >= 0.3 is 5.97 Å². The predicted molar refractivity (Wildman–Crippen MR) is 111 cm³/mol. The molecule has 28 heavy (non-hydrogen) atoms. The van der Waals surface area contributed by atoms with Crippen LogP contribution in [0.5, 0.6) is 11.5 Å². The number of hydrogen-bond donors (Lipinski definition) is 2. The van der Waals surface area contributed by atoms with Crippen molar-refractivity contribution in [2.75, 3.05) is 6.54 Å². The van der Waals surface area contributed by atoms with E-state index < -0.39 is 5.97 Å². The van der Waals surface area contributed by atoms with E-state index >= 15 is 0 Å². The first kappa shape index (κ1) is 19.9. The molecule has 0 unspecified atom stereocenters. The highest BCUT2D eigenvalue weighted by atomic mass is 32.2. The van der Waals surface area contributed by atoms with Crippen molar-refractivity contribution in [1.82, 2.24) is 9.71 Å². The molecular weight excluding hydrogens is 372 g/mol. The first-order valence-electron chi connectivity index (χ1n) is 8.94. The Hall–Kier alpha value is -2.83. The standard InChI is InChI=1S/C22H22N2O3S/c1-15-13-20(14-21(16(15)2)22(25)26)28-24-12-7-17-3-5-18(6-4-17)27-19-8-10-23-11-9-19/h3-6,8-11,13-14,24H,7,12H2,1-2H3,(H,25,26). The molecule has 1 aromatic heterocycles. The second kappa shape index (κ2) is 9.39. The number of benzene rings is 2. The molecule has 0 saturated heterocycles. The number of rotatable bonds is 8. The third kappa shape index (κ3) is 5.34. The topological polar surface area (TPSA) is 71.5 Å². The summed E-state index contributed by atoms with van der Waals surface area (Å²) in [5.74, 6) is 0.653. The fraction of sp³-hybridized carbons (Fsp3) is 0.182. The number of nitrogens with zero attached hydrogens (tertiary/aromatic N) is 1. The zero-order chi connectivity index (χ0) is 19.9. The summed E-state index contributed by atoms with van der Waals surface area (Å²) in [5, 5.41) is 9.31. The van der Waals surface area contributed by atoms with Crippen LogP contribution < -0.4 is 9.46 Å². The van der Waals surface area contributed by atoms with Crippen molar-refractivity contribution in [2.45, 2.75) is 25.2 Å². The van der Waals surface area contributed by atoms with Gasteiger partial charge in [-0.3, -0.25) is 9.71 Å². The quantitative estimate of drug-likeness (QED) is 0.412. The van der Waals surface area contributed by atoms with Crippen LogP contribution in [0.1, 0.15) is 27.0 Å². The van der Waals surface area contributed by atoms with Crippen LogP contribution in [0.2, 0.25) is 0 Å². The molecule has 0 spiro atoms. The molecule has 3 aromatic rings. The zero-order valence-electron chi connectivity index (χ0n) is 15.8. The fourth-order valence-corrected chi connectivity index (χ4v) is 3.49. The fourth-order valence-electron chi connectivity index (χ4n) is 2.70. The van der Waals surface area contributed by atoms with E-state index in [4.69, 9.17) is 4.74 Å². The van der Waals surface area contributed by atoms with Gasteiger partial charge in [-0.2, -0.15) is 0 Å². The van der Waals surface area contributed by atoms with Crippen molar-refractivity contribution in [3.8, 4) is 11.5 Å². The molecule has 0 aliphatic rings. The maximum absolute atomic E-state index is 11.3. The van der Waals surface area contributed by atoms with E-state index in [9.17, 15) is 9.90 Å². The van der Waals surface area contributed by atoms with Gasteiger partial charge in [-0.1, -0.05) is 12.1 Å². The molecule has 0 saturated carbocycles. The van der Waals surface area contributed by atoms with E-state index in [1.165, 1.54) is 17.5 Å². The van der Waals surface area contributed by atoms with E-state index in [2.05, 4.69) is 9.71 Å². The number of aryl methyl sites for hydroxylation is 1. The van der Waals surface area contributed by atoms with Crippen LogP contribution in [0, 0.1) is 13.8 Å². The Kier molecular flexibility index (Phi) is 6.68. The summed E-state index contributed by atoms with van der Waals surface area (Å²) in [6.07, 6.45) is 4.25. The molecule has 3 rings (SSSR count). The zero-order valence-corrected chi connectivity index (χ0v) is 16.6. The lowest BCUT2D eigenvalue weighted by molar-refractivity contribution is 0.0695. The Morgan fingerprint density at radius 1 is 1.07 bits per heavy atom. The lowest BCUT2D eigenvalue weighted by Crippen LogP contribution is -2.09. The van der Waals surface area contributed by atoms with Crippen molar-refractivity contribution < 1.29 is 14.6 Å². The summed E-state index contributed by atoms with van der Waals surface area (Å²) in [5.41, 5.74) is 3.34. The molecule has 144 valence electrons. The molecule has 2 N–H and O–H groups in total. The van der Waals surface area contributed by atoms with Crippen LogP contribution in [0.4, 0.5) is 0 Å². The van der Waals surface area contributed by atoms with Crippen molar-refractivity contribution >= 4 is 17.9 Å². The molecule has 0 atom stereocenters. The number of carboxylic acid groups (broad SMARTS) is 1. The molecule has 0 bridgehead atoms. The second-order valence-corrected chi connectivity index (χ2v) is 7.36. The number of aromatic carboxylic acids is 1. The van der Waals surface area contributed by atoms with Crippen molar-refractivity contribution in [3.63, 3.8) is 0 Å². The summed E-state index contributed by atoms with van der Waals surface area (Å²) in [6.45, 7) is 4.54. The Bertz CT molecular complexity index is 944. The lowest BCUT2D eigenvalue weighted by atomic mass is 10.0. The van der Waals surface area contributed by atoms with Crippen LogP contribution in [-0.4, -0.2) is 22.6 Å². The van der Waals surface area contributed by atoms with Crippen molar-refractivity contribution in [2.24, 2.45) is 0 Å². The molecule has 1 heterocycles. The van der Waals surface area contributed by atoms with Crippen LogP contribution in [-0.2, 0) is 6.42 Å². The molecule has 5 nitrogen and oxygen atoms in total. The normalized spacial score (nSPS) is 10.6. The minimum absolute atomic E-state index is 0.356. The summed E-state index contributed by atoms with van der Waals surface area (Å²) in [7, 11) is 0. The maximum Gasteiger partial charge on any atom is 0.336 e. The number of carbonyl (C=O) groups is 1. The monoisotopic (exact) mass is 394 g/mol. The van der Waals surface area contributed by atoms with E-state index in [1.807, 2.05) is 56.3 Å². The van der Waals surface area contributed by atoms with Gasteiger partial charge in [0.25, 0.3) is 0 Å².